The number of nitrogens with one attached hydrogen (secondary N) is 1. The van der Waals surface area contributed by atoms with Crippen molar-refractivity contribution in [1.82, 2.24) is 10.2 Å². The Bertz CT molecular complexity index is 1550. The molecule has 11 nitrogen and oxygen atoms in total. The zero-order chi connectivity index (χ0) is 31.5. The maximum absolute atomic E-state index is 14.1. The quantitative estimate of drug-likeness (QED) is 0.404. The Kier molecular flexibility index (Phi) is 9.13. The van der Waals surface area contributed by atoms with Crippen LogP contribution < -0.4 is 19.7 Å². The van der Waals surface area contributed by atoms with Crippen molar-refractivity contribution in [3.63, 3.8) is 0 Å². The van der Waals surface area contributed by atoms with Crippen LogP contribution in [0.4, 0.5) is 10.5 Å². The molecule has 1 heterocycles. The minimum Gasteiger partial charge on any atom is -0.496 e. The highest BCUT2D eigenvalue weighted by molar-refractivity contribution is 6.03. The molecule has 3 amide bonds. The third-order valence-corrected chi connectivity index (χ3v) is 7.13. The molecule has 0 radical (unpaired) electrons. The number of hydrogen-bond donors (Lipinski definition) is 1. The van der Waals surface area contributed by atoms with Crippen molar-refractivity contribution in [2.75, 3.05) is 32.8 Å². The second-order valence-electron chi connectivity index (χ2n) is 11.2. The monoisotopic (exact) mass is 591 g/mol. The van der Waals surface area contributed by atoms with Gasteiger partial charge in [0.15, 0.2) is 0 Å². The third-order valence-electron chi connectivity index (χ3n) is 7.13. The highest BCUT2D eigenvalue weighted by Gasteiger charge is 2.36. The number of fused-ring (bicyclic) bond motifs is 2. The number of carbonyl (C=O) groups excluding carboxylic acids is 4. The summed E-state index contributed by atoms with van der Waals surface area (Å²) in [4.78, 5) is 54.8. The summed E-state index contributed by atoms with van der Waals surface area (Å²) in [6, 6.07) is 13.9. The van der Waals surface area contributed by atoms with E-state index < -0.39 is 41.6 Å². The lowest BCUT2D eigenvalue weighted by Gasteiger charge is -2.30. The van der Waals surface area contributed by atoms with Crippen LogP contribution in [0.1, 0.15) is 43.6 Å². The van der Waals surface area contributed by atoms with Gasteiger partial charge >= 0.3 is 12.1 Å². The predicted molar refractivity (Wildman–Crippen MR) is 160 cm³/mol. The van der Waals surface area contributed by atoms with Gasteiger partial charge in [0.1, 0.15) is 35.8 Å². The van der Waals surface area contributed by atoms with E-state index in [-0.39, 0.29) is 13.2 Å². The molecule has 3 aromatic rings. The van der Waals surface area contributed by atoms with Gasteiger partial charge in [0.2, 0.25) is 5.91 Å². The van der Waals surface area contributed by atoms with Gasteiger partial charge < -0.3 is 29.2 Å². The van der Waals surface area contributed by atoms with Crippen molar-refractivity contribution in [2.24, 2.45) is 0 Å². The Labute approximate surface area is 250 Å². The molecule has 0 aromatic heterocycles. The lowest BCUT2D eigenvalue weighted by Crippen LogP contribution is -2.55. The topological polar surface area (TPSA) is 124 Å². The SMILES string of the molecule is COC(=O)c1ccc2c(CN3C(=O)C(NC(=O)C(C)N(C)C(=O)OC(C)(C)C)COc4ccccc43)c(OC)ccc2c1. The van der Waals surface area contributed by atoms with Gasteiger partial charge in [0.25, 0.3) is 5.91 Å². The summed E-state index contributed by atoms with van der Waals surface area (Å²) in [5, 5.41) is 4.29. The number of esters is 1. The number of rotatable bonds is 7. The van der Waals surface area contributed by atoms with Crippen molar-refractivity contribution in [2.45, 2.75) is 51.9 Å². The Balaban J connectivity index is 1.66. The summed E-state index contributed by atoms with van der Waals surface area (Å²) >= 11 is 0. The molecule has 0 aliphatic carbocycles. The molecule has 0 spiro atoms. The molecule has 4 rings (SSSR count). The Morgan fingerprint density at radius 3 is 2.49 bits per heavy atom. The number of amides is 3. The van der Waals surface area contributed by atoms with Gasteiger partial charge in [-0.25, -0.2) is 9.59 Å². The number of para-hydroxylation sites is 2. The first-order chi connectivity index (χ1) is 20.3. The molecular weight excluding hydrogens is 554 g/mol. The number of nitrogens with zero attached hydrogens (tertiary/aromatic N) is 2. The van der Waals surface area contributed by atoms with Crippen LogP contribution in [0.2, 0.25) is 0 Å². The predicted octanol–water partition coefficient (Wildman–Crippen LogP) is 4.30. The molecule has 3 aromatic carbocycles. The molecule has 0 fully saturated rings. The molecule has 0 bridgehead atoms. The van der Waals surface area contributed by atoms with Gasteiger partial charge in [-0.05, 0) is 68.8 Å². The summed E-state index contributed by atoms with van der Waals surface area (Å²) in [6.07, 6.45) is -0.661. The smallest absolute Gasteiger partial charge is 0.410 e. The first kappa shape index (κ1) is 31.1. The minimum atomic E-state index is -1.05. The molecule has 228 valence electrons. The summed E-state index contributed by atoms with van der Waals surface area (Å²) in [6.45, 7) is 6.73. The van der Waals surface area contributed by atoms with Gasteiger partial charge in [0, 0.05) is 12.6 Å². The molecule has 2 atom stereocenters. The number of benzene rings is 3. The Morgan fingerprint density at radius 2 is 1.81 bits per heavy atom. The van der Waals surface area contributed by atoms with Gasteiger partial charge in [-0.2, -0.15) is 0 Å². The number of anilines is 1. The van der Waals surface area contributed by atoms with E-state index in [1.165, 1.54) is 19.1 Å². The van der Waals surface area contributed by atoms with Crippen LogP contribution in [0.5, 0.6) is 11.5 Å². The third kappa shape index (κ3) is 6.82. The van der Waals surface area contributed by atoms with E-state index in [1.807, 2.05) is 6.07 Å². The molecule has 2 unspecified atom stereocenters. The van der Waals surface area contributed by atoms with Crippen LogP contribution in [-0.4, -0.2) is 74.3 Å². The van der Waals surface area contributed by atoms with Crippen LogP contribution in [0.3, 0.4) is 0 Å². The van der Waals surface area contributed by atoms with Crippen molar-refractivity contribution in [3.05, 3.63) is 65.7 Å². The van der Waals surface area contributed by atoms with E-state index in [0.717, 1.165) is 10.8 Å². The Hall–Kier alpha value is -4.80. The molecule has 0 saturated carbocycles. The molecule has 1 aliphatic rings. The molecule has 1 aliphatic heterocycles. The second-order valence-corrected chi connectivity index (χ2v) is 11.2. The molecule has 1 N–H and O–H groups in total. The van der Waals surface area contributed by atoms with Gasteiger partial charge in [-0.15, -0.1) is 0 Å². The normalized spacial score (nSPS) is 15.5. The number of methoxy groups -OCH3 is 2. The first-order valence-electron chi connectivity index (χ1n) is 13.8. The Morgan fingerprint density at radius 1 is 1.09 bits per heavy atom. The van der Waals surface area contributed by atoms with Crippen molar-refractivity contribution < 1.29 is 38.1 Å². The fourth-order valence-electron chi connectivity index (χ4n) is 4.71. The van der Waals surface area contributed by atoms with Crippen LogP contribution in [0.25, 0.3) is 10.8 Å². The molecule has 11 heteroatoms. The van der Waals surface area contributed by atoms with Gasteiger partial charge in [-0.1, -0.05) is 24.3 Å². The van der Waals surface area contributed by atoms with E-state index in [9.17, 15) is 19.2 Å². The zero-order valence-electron chi connectivity index (χ0n) is 25.4. The minimum absolute atomic E-state index is 0.0804. The van der Waals surface area contributed by atoms with Crippen LogP contribution in [0.15, 0.2) is 54.6 Å². The highest BCUT2D eigenvalue weighted by Crippen LogP contribution is 2.36. The van der Waals surface area contributed by atoms with Crippen molar-refractivity contribution in [3.8, 4) is 11.5 Å². The number of carbonyl (C=O) groups is 4. The fourth-order valence-corrected chi connectivity index (χ4v) is 4.71. The second kappa shape index (κ2) is 12.6. The van der Waals surface area contributed by atoms with E-state index >= 15 is 0 Å². The van der Waals surface area contributed by atoms with E-state index in [2.05, 4.69) is 5.32 Å². The summed E-state index contributed by atoms with van der Waals surface area (Å²) in [5.74, 6) is -0.395. The fraction of sp³-hybridized carbons (Fsp3) is 0.375. The molecular formula is C32H37N3O8. The van der Waals surface area contributed by atoms with Gasteiger partial charge in [0.05, 0.1) is 32.0 Å². The van der Waals surface area contributed by atoms with E-state index in [0.29, 0.717) is 28.3 Å². The maximum atomic E-state index is 14.1. The largest absolute Gasteiger partial charge is 0.496 e. The lowest BCUT2D eigenvalue weighted by atomic mass is 10.00. The van der Waals surface area contributed by atoms with E-state index in [4.69, 9.17) is 18.9 Å². The van der Waals surface area contributed by atoms with Crippen molar-refractivity contribution in [1.29, 1.82) is 0 Å². The number of ether oxygens (including phenoxy) is 4. The highest BCUT2D eigenvalue weighted by atomic mass is 16.6. The average Bonchev–Trinajstić information content (AvgIpc) is 3.11. The molecule has 43 heavy (non-hydrogen) atoms. The maximum Gasteiger partial charge on any atom is 0.410 e. The van der Waals surface area contributed by atoms with Gasteiger partial charge in [-0.3, -0.25) is 14.5 Å². The average molecular weight is 592 g/mol. The standard InChI is InChI=1S/C32H37N3O8/c1-19(34(5)31(39)43-32(2,3)4)28(36)33-24-18-42-27-11-9-8-10-25(27)35(29(24)37)17-23-22-14-12-21(30(38)41-7)16-20(22)13-15-26(23)40-6/h8-16,19,24H,17-18H2,1-7H3,(H,33,36). The lowest BCUT2D eigenvalue weighted by molar-refractivity contribution is -0.130. The van der Waals surface area contributed by atoms with Crippen LogP contribution in [0, 0.1) is 0 Å². The summed E-state index contributed by atoms with van der Waals surface area (Å²) in [5.41, 5.74) is 0.879. The van der Waals surface area contributed by atoms with Crippen LogP contribution >= 0.6 is 0 Å². The molecule has 0 saturated heterocycles. The number of hydrogen-bond acceptors (Lipinski definition) is 8. The first-order valence-corrected chi connectivity index (χ1v) is 13.8. The van der Waals surface area contributed by atoms with Crippen molar-refractivity contribution >= 4 is 40.3 Å². The zero-order valence-corrected chi connectivity index (χ0v) is 25.4. The van der Waals surface area contributed by atoms with Crippen LogP contribution in [-0.2, 0) is 25.6 Å². The number of likely N-dealkylation sites (N-methyl/N-ethyl adjacent to an activating group) is 1. The van der Waals surface area contributed by atoms with E-state index in [1.54, 1.807) is 88.2 Å². The summed E-state index contributed by atoms with van der Waals surface area (Å²) < 4.78 is 21.9. The summed E-state index contributed by atoms with van der Waals surface area (Å²) in [7, 11) is 4.33.